The lowest BCUT2D eigenvalue weighted by Gasteiger charge is -2.29. The normalized spacial score (nSPS) is 14.6. The smallest absolute Gasteiger partial charge is 0.311 e. The summed E-state index contributed by atoms with van der Waals surface area (Å²) in [6.07, 6.45) is 3.83. The molecular formula is C20H21N5O2. The van der Waals surface area contributed by atoms with Crippen molar-refractivity contribution in [2.24, 2.45) is 7.05 Å². The van der Waals surface area contributed by atoms with Crippen molar-refractivity contribution >= 4 is 28.6 Å². The third kappa shape index (κ3) is 3.28. The third-order valence-electron chi connectivity index (χ3n) is 5.05. The van der Waals surface area contributed by atoms with Crippen LogP contribution in [0.25, 0.3) is 17.1 Å². The number of imidazole rings is 1. The monoisotopic (exact) mass is 363 g/mol. The first-order chi connectivity index (χ1) is 13.0. The van der Waals surface area contributed by atoms with E-state index in [1.807, 2.05) is 37.1 Å². The molecule has 0 atom stereocenters. The van der Waals surface area contributed by atoms with Crippen LogP contribution in [0.3, 0.4) is 0 Å². The second-order valence-electron chi connectivity index (χ2n) is 6.86. The second-order valence-corrected chi connectivity index (χ2v) is 6.86. The van der Waals surface area contributed by atoms with E-state index in [1.54, 1.807) is 12.1 Å². The third-order valence-corrected chi connectivity index (χ3v) is 5.05. The lowest BCUT2D eigenvalue weighted by Crippen LogP contribution is -2.32. The average molecular weight is 363 g/mol. The topological polar surface area (TPSA) is 77.1 Å². The fourth-order valence-electron chi connectivity index (χ4n) is 3.54. The molecular weight excluding hydrogens is 342 g/mol. The van der Waals surface area contributed by atoms with Crippen LogP contribution in [0.1, 0.15) is 24.4 Å². The van der Waals surface area contributed by atoms with Gasteiger partial charge in [-0.05, 0) is 44.0 Å². The fraction of sp³-hybridized carbons (Fsp3) is 0.300. The number of anilines is 1. The van der Waals surface area contributed by atoms with Crippen molar-refractivity contribution in [2.75, 3.05) is 18.0 Å². The van der Waals surface area contributed by atoms with Gasteiger partial charge in [-0.1, -0.05) is 17.7 Å². The van der Waals surface area contributed by atoms with Gasteiger partial charge in [0.25, 0.3) is 0 Å². The highest BCUT2D eigenvalue weighted by Crippen LogP contribution is 2.30. The lowest BCUT2D eigenvalue weighted by molar-refractivity contribution is -0.384. The number of hydrogen-bond acceptors (Lipinski definition) is 5. The number of rotatable bonds is 3. The number of benzene rings is 1. The number of nitrogens with zero attached hydrogens (tertiary/aromatic N) is 5. The van der Waals surface area contributed by atoms with Crippen molar-refractivity contribution in [1.29, 1.82) is 0 Å². The summed E-state index contributed by atoms with van der Waals surface area (Å²) in [5, 5.41) is 11.3. The minimum absolute atomic E-state index is 0.0726. The first-order valence-electron chi connectivity index (χ1n) is 9.01. The molecule has 0 radical (unpaired) electrons. The highest BCUT2D eigenvalue weighted by molar-refractivity contribution is 5.77. The Bertz CT molecular complexity index is 1040. The van der Waals surface area contributed by atoms with Crippen LogP contribution in [0.2, 0.25) is 0 Å². The summed E-state index contributed by atoms with van der Waals surface area (Å²) in [5.74, 6) is 1.42. The molecule has 0 amide bonds. The van der Waals surface area contributed by atoms with Crippen LogP contribution in [0.4, 0.5) is 11.5 Å². The van der Waals surface area contributed by atoms with Gasteiger partial charge in [0.05, 0.1) is 16.0 Å². The molecule has 4 rings (SSSR count). The molecule has 0 N–H and O–H groups in total. The SMILES string of the molecule is Cc1ccc([N+](=O)[O-])c(N2CCC(=Cc3nc4ccccc4n3C)CC2)n1. The van der Waals surface area contributed by atoms with E-state index < -0.39 is 0 Å². The molecule has 3 aromatic rings. The van der Waals surface area contributed by atoms with Gasteiger partial charge in [-0.2, -0.15) is 0 Å². The Hall–Kier alpha value is -3.22. The Morgan fingerprint density at radius 3 is 2.56 bits per heavy atom. The zero-order chi connectivity index (χ0) is 19.0. The molecule has 2 aromatic heterocycles. The highest BCUT2D eigenvalue weighted by Gasteiger charge is 2.24. The average Bonchev–Trinajstić information content (AvgIpc) is 2.98. The highest BCUT2D eigenvalue weighted by atomic mass is 16.6. The zero-order valence-electron chi connectivity index (χ0n) is 15.4. The van der Waals surface area contributed by atoms with Gasteiger partial charge in [0.15, 0.2) is 0 Å². The van der Waals surface area contributed by atoms with E-state index in [9.17, 15) is 10.1 Å². The summed E-state index contributed by atoms with van der Waals surface area (Å²) in [6.45, 7) is 3.29. The van der Waals surface area contributed by atoms with Crippen LogP contribution in [0.5, 0.6) is 0 Å². The standard InChI is InChI=1S/C20H21N5O2/c1-14-7-8-18(25(26)27)20(21-14)24-11-9-15(10-12-24)13-19-22-16-5-3-4-6-17(16)23(19)2/h3-8,13H,9-12H2,1-2H3. The Kier molecular flexibility index (Phi) is 4.35. The zero-order valence-corrected chi connectivity index (χ0v) is 15.4. The Morgan fingerprint density at radius 2 is 1.85 bits per heavy atom. The molecule has 1 aliphatic heterocycles. The van der Waals surface area contributed by atoms with Gasteiger partial charge in [-0.25, -0.2) is 9.97 Å². The van der Waals surface area contributed by atoms with Crippen LogP contribution in [0, 0.1) is 17.0 Å². The van der Waals surface area contributed by atoms with Gasteiger partial charge in [0, 0.05) is 31.9 Å². The van der Waals surface area contributed by atoms with Crippen molar-refractivity contribution < 1.29 is 4.92 Å². The first-order valence-corrected chi connectivity index (χ1v) is 9.01. The molecule has 7 nitrogen and oxygen atoms in total. The van der Waals surface area contributed by atoms with Crippen molar-refractivity contribution in [1.82, 2.24) is 14.5 Å². The van der Waals surface area contributed by atoms with Gasteiger partial charge in [0.1, 0.15) is 5.82 Å². The Morgan fingerprint density at radius 1 is 1.11 bits per heavy atom. The van der Waals surface area contributed by atoms with E-state index in [0.717, 1.165) is 35.4 Å². The maximum atomic E-state index is 11.3. The summed E-state index contributed by atoms with van der Waals surface area (Å²) in [7, 11) is 2.02. The molecule has 1 saturated heterocycles. The molecule has 0 saturated carbocycles. The minimum atomic E-state index is -0.355. The number of para-hydroxylation sites is 2. The van der Waals surface area contributed by atoms with E-state index >= 15 is 0 Å². The number of aromatic nitrogens is 3. The summed E-state index contributed by atoms with van der Waals surface area (Å²) in [4.78, 5) is 22.1. The van der Waals surface area contributed by atoms with Gasteiger partial charge >= 0.3 is 5.69 Å². The maximum absolute atomic E-state index is 11.3. The predicted molar refractivity (Wildman–Crippen MR) is 106 cm³/mol. The van der Waals surface area contributed by atoms with Crippen LogP contribution in [0.15, 0.2) is 42.0 Å². The predicted octanol–water partition coefficient (Wildman–Crippen LogP) is 3.87. The van der Waals surface area contributed by atoms with Gasteiger partial charge in [-0.3, -0.25) is 10.1 Å². The van der Waals surface area contributed by atoms with Crippen molar-refractivity contribution in [3.63, 3.8) is 0 Å². The van der Waals surface area contributed by atoms with Crippen LogP contribution < -0.4 is 4.90 Å². The molecule has 0 bridgehead atoms. The van der Waals surface area contributed by atoms with Crippen LogP contribution >= 0.6 is 0 Å². The van der Waals surface area contributed by atoms with Crippen LogP contribution in [-0.4, -0.2) is 32.5 Å². The van der Waals surface area contributed by atoms with Gasteiger partial charge in [0.2, 0.25) is 5.82 Å². The van der Waals surface area contributed by atoms with E-state index in [-0.39, 0.29) is 10.6 Å². The summed E-state index contributed by atoms with van der Waals surface area (Å²) < 4.78 is 2.10. The maximum Gasteiger partial charge on any atom is 0.311 e. The second kappa shape index (κ2) is 6.83. The molecule has 1 aromatic carbocycles. The number of nitro groups is 1. The van der Waals surface area contributed by atoms with Crippen molar-refractivity contribution in [3.05, 3.63) is 63.6 Å². The quantitative estimate of drug-likeness (QED) is 0.521. The number of aryl methyl sites for hydroxylation is 2. The van der Waals surface area contributed by atoms with Crippen molar-refractivity contribution in [3.8, 4) is 0 Å². The van der Waals surface area contributed by atoms with E-state index in [0.29, 0.717) is 18.9 Å². The molecule has 7 heteroatoms. The molecule has 0 spiro atoms. The Balaban J connectivity index is 1.55. The molecule has 27 heavy (non-hydrogen) atoms. The minimum Gasteiger partial charge on any atom is -0.350 e. The summed E-state index contributed by atoms with van der Waals surface area (Å²) in [5.41, 5.74) is 4.27. The van der Waals surface area contributed by atoms with E-state index in [4.69, 9.17) is 4.98 Å². The molecule has 0 aliphatic carbocycles. The molecule has 138 valence electrons. The molecule has 1 fully saturated rings. The molecule has 0 unspecified atom stereocenters. The number of piperidine rings is 1. The first kappa shape index (κ1) is 17.2. The molecule has 1 aliphatic rings. The largest absolute Gasteiger partial charge is 0.350 e. The number of hydrogen-bond donors (Lipinski definition) is 0. The van der Waals surface area contributed by atoms with Gasteiger partial charge in [-0.15, -0.1) is 0 Å². The van der Waals surface area contributed by atoms with E-state index in [1.165, 1.54) is 5.57 Å². The van der Waals surface area contributed by atoms with E-state index in [2.05, 4.69) is 21.7 Å². The number of pyridine rings is 1. The van der Waals surface area contributed by atoms with Gasteiger partial charge < -0.3 is 9.47 Å². The fourth-order valence-corrected chi connectivity index (χ4v) is 3.54. The van der Waals surface area contributed by atoms with Crippen LogP contribution in [-0.2, 0) is 7.05 Å². The van der Waals surface area contributed by atoms with Crippen molar-refractivity contribution in [2.45, 2.75) is 19.8 Å². The molecule has 3 heterocycles. The summed E-state index contributed by atoms with van der Waals surface area (Å²) in [6, 6.07) is 11.3. The summed E-state index contributed by atoms with van der Waals surface area (Å²) >= 11 is 0. The Labute approximate surface area is 157 Å². The number of fused-ring (bicyclic) bond motifs is 1. The lowest BCUT2D eigenvalue weighted by atomic mass is 10.0.